The molecule has 0 aliphatic carbocycles. The molecular weight excluding hydrogens is 202 g/mol. The predicted molar refractivity (Wildman–Crippen MR) is 52.5 cm³/mol. The van der Waals surface area contributed by atoms with Crippen LogP contribution in [0.4, 0.5) is 5.00 Å². The number of carboxylic acids is 1. The smallest absolute Gasteiger partial charge is 0.326 e. The molecule has 1 N–H and O–H groups in total. The van der Waals surface area contributed by atoms with Crippen molar-refractivity contribution in [3.8, 4) is 0 Å². The number of thiophene rings is 1. The summed E-state index contributed by atoms with van der Waals surface area (Å²) in [5, 5.41) is 11.5. The van der Waals surface area contributed by atoms with Crippen LogP contribution in [-0.4, -0.2) is 23.0 Å². The fraction of sp³-hybridized carbons (Fsp3) is 0.333. The van der Waals surface area contributed by atoms with E-state index in [1.807, 2.05) is 11.4 Å². The van der Waals surface area contributed by atoms with Gasteiger partial charge in [0.1, 0.15) is 6.04 Å². The van der Waals surface area contributed by atoms with Gasteiger partial charge in [-0.25, -0.2) is 4.79 Å². The topological polar surface area (TPSA) is 57.6 Å². The normalized spacial score (nSPS) is 21.6. The second-order valence-electron chi connectivity index (χ2n) is 3.11. The van der Waals surface area contributed by atoms with Gasteiger partial charge in [-0.1, -0.05) is 0 Å². The van der Waals surface area contributed by atoms with Crippen molar-refractivity contribution in [2.45, 2.75) is 18.9 Å². The predicted octanol–water partition coefficient (Wildman–Crippen LogP) is 1.33. The van der Waals surface area contributed by atoms with Crippen molar-refractivity contribution >= 4 is 28.2 Å². The van der Waals surface area contributed by atoms with Gasteiger partial charge in [0.2, 0.25) is 5.91 Å². The summed E-state index contributed by atoms with van der Waals surface area (Å²) < 4.78 is 0. The highest BCUT2D eigenvalue weighted by Gasteiger charge is 2.37. The molecule has 1 saturated heterocycles. The van der Waals surface area contributed by atoms with Crippen LogP contribution in [0.3, 0.4) is 0 Å². The number of carboxylic acid groups (broad SMARTS) is 1. The zero-order chi connectivity index (χ0) is 10.1. The van der Waals surface area contributed by atoms with E-state index in [2.05, 4.69) is 0 Å². The minimum atomic E-state index is -0.927. The molecule has 74 valence electrons. The molecule has 1 unspecified atom stereocenters. The fourth-order valence-corrected chi connectivity index (χ4v) is 2.40. The van der Waals surface area contributed by atoms with Crippen molar-refractivity contribution in [1.82, 2.24) is 0 Å². The van der Waals surface area contributed by atoms with Crippen molar-refractivity contribution in [1.29, 1.82) is 0 Å². The summed E-state index contributed by atoms with van der Waals surface area (Å²) in [5.41, 5.74) is 0. The molecule has 0 aromatic carbocycles. The first kappa shape index (κ1) is 9.21. The summed E-state index contributed by atoms with van der Waals surface area (Å²) in [4.78, 5) is 23.7. The van der Waals surface area contributed by atoms with Crippen molar-refractivity contribution < 1.29 is 14.7 Å². The average molecular weight is 211 g/mol. The Balaban J connectivity index is 2.31. The Labute approximate surface area is 84.8 Å². The van der Waals surface area contributed by atoms with Crippen molar-refractivity contribution in [2.75, 3.05) is 4.90 Å². The Bertz CT molecular complexity index is 360. The lowest BCUT2D eigenvalue weighted by atomic mass is 10.2. The molecule has 1 fully saturated rings. The number of nitrogens with zero attached hydrogens (tertiary/aromatic N) is 1. The lowest BCUT2D eigenvalue weighted by Gasteiger charge is -2.19. The highest BCUT2D eigenvalue weighted by atomic mass is 32.1. The average Bonchev–Trinajstić information content (AvgIpc) is 2.71. The van der Waals surface area contributed by atoms with E-state index in [1.54, 1.807) is 6.07 Å². The van der Waals surface area contributed by atoms with Gasteiger partial charge in [0.25, 0.3) is 0 Å². The van der Waals surface area contributed by atoms with Crippen LogP contribution in [0.1, 0.15) is 12.8 Å². The highest BCUT2D eigenvalue weighted by molar-refractivity contribution is 7.14. The van der Waals surface area contributed by atoms with E-state index in [1.165, 1.54) is 16.2 Å². The molecule has 1 aliphatic heterocycles. The molecule has 1 aromatic rings. The summed E-state index contributed by atoms with van der Waals surface area (Å²) in [7, 11) is 0. The third kappa shape index (κ3) is 1.39. The maximum atomic E-state index is 11.5. The van der Waals surface area contributed by atoms with Gasteiger partial charge in [-0.3, -0.25) is 9.69 Å². The standard InChI is InChI=1S/C9H9NO3S/c11-7-4-3-6(9(12)13)10(7)8-2-1-5-14-8/h1-2,5-6H,3-4H2,(H,12,13). The second-order valence-corrected chi connectivity index (χ2v) is 4.03. The molecule has 14 heavy (non-hydrogen) atoms. The molecule has 2 rings (SSSR count). The minimum absolute atomic E-state index is 0.0974. The molecule has 2 heterocycles. The first-order valence-electron chi connectivity index (χ1n) is 4.28. The molecule has 4 nitrogen and oxygen atoms in total. The van der Waals surface area contributed by atoms with Crippen LogP contribution in [0.5, 0.6) is 0 Å². The number of hydrogen-bond donors (Lipinski definition) is 1. The Hall–Kier alpha value is -1.36. The second kappa shape index (κ2) is 3.42. The molecule has 0 saturated carbocycles. The van der Waals surface area contributed by atoms with Gasteiger partial charge in [-0.15, -0.1) is 11.3 Å². The first-order valence-corrected chi connectivity index (χ1v) is 5.16. The molecule has 1 amide bonds. The van der Waals surface area contributed by atoms with E-state index < -0.39 is 12.0 Å². The van der Waals surface area contributed by atoms with Crippen LogP contribution in [0.15, 0.2) is 17.5 Å². The number of hydrogen-bond acceptors (Lipinski definition) is 3. The maximum Gasteiger partial charge on any atom is 0.326 e. The minimum Gasteiger partial charge on any atom is -0.480 e. The summed E-state index contributed by atoms with van der Waals surface area (Å²) in [6.07, 6.45) is 0.737. The third-order valence-corrected chi connectivity index (χ3v) is 3.11. The van der Waals surface area contributed by atoms with Gasteiger partial charge in [-0.2, -0.15) is 0 Å². The Morgan fingerprint density at radius 1 is 1.64 bits per heavy atom. The SMILES string of the molecule is O=C(O)C1CCC(=O)N1c1cccs1. The molecule has 0 radical (unpaired) electrons. The van der Waals surface area contributed by atoms with Gasteiger partial charge >= 0.3 is 5.97 Å². The van der Waals surface area contributed by atoms with Crippen molar-refractivity contribution in [2.24, 2.45) is 0 Å². The van der Waals surface area contributed by atoms with E-state index in [9.17, 15) is 9.59 Å². The number of aliphatic carboxylic acids is 1. The van der Waals surface area contributed by atoms with E-state index in [4.69, 9.17) is 5.11 Å². The molecule has 0 spiro atoms. The number of anilines is 1. The number of carbonyl (C=O) groups excluding carboxylic acids is 1. The third-order valence-electron chi connectivity index (χ3n) is 2.24. The molecule has 1 aromatic heterocycles. The van der Waals surface area contributed by atoms with Gasteiger partial charge in [0.05, 0.1) is 5.00 Å². The monoisotopic (exact) mass is 211 g/mol. The Morgan fingerprint density at radius 3 is 3.00 bits per heavy atom. The number of carbonyl (C=O) groups is 2. The van der Waals surface area contributed by atoms with Crippen LogP contribution in [0.25, 0.3) is 0 Å². The van der Waals surface area contributed by atoms with E-state index >= 15 is 0 Å². The number of rotatable bonds is 2. The Morgan fingerprint density at radius 2 is 2.43 bits per heavy atom. The molecule has 0 bridgehead atoms. The largest absolute Gasteiger partial charge is 0.480 e. The fourth-order valence-electron chi connectivity index (χ4n) is 1.60. The summed E-state index contributed by atoms with van der Waals surface area (Å²) in [6.45, 7) is 0. The zero-order valence-corrected chi connectivity index (χ0v) is 8.16. The summed E-state index contributed by atoms with van der Waals surface area (Å²) in [6, 6.07) is 2.90. The molecular formula is C9H9NO3S. The van der Waals surface area contributed by atoms with Gasteiger partial charge in [-0.05, 0) is 23.9 Å². The van der Waals surface area contributed by atoms with Crippen molar-refractivity contribution in [3.63, 3.8) is 0 Å². The molecule has 1 aliphatic rings. The van der Waals surface area contributed by atoms with Crippen LogP contribution in [-0.2, 0) is 9.59 Å². The van der Waals surface area contributed by atoms with E-state index in [-0.39, 0.29) is 5.91 Å². The van der Waals surface area contributed by atoms with Crippen LogP contribution >= 0.6 is 11.3 Å². The lowest BCUT2D eigenvalue weighted by molar-refractivity contribution is -0.138. The first-order chi connectivity index (χ1) is 6.70. The van der Waals surface area contributed by atoms with Gasteiger partial charge in [0, 0.05) is 6.42 Å². The van der Waals surface area contributed by atoms with Crippen molar-refractivity contribution in [3.05, 3.63) is 17.5 Å². The van der Waals surface area contributed by atoms with E-state index in [0.29, 0.717) is 12.8 Å². The summed E-state index contributed by atoms with van der Waals surface area (Å²) >= 11 is 1.39. The molecule has 1 atom stereocenters. The highest BCUT2D eigenvalue weighted by Crippen LogP contribution is 2.30. The molecule has 5 heteroatoms. The lowest BCUT2D eigenvalue weighted by Crippen LogP contribution is -2.37. The zero-order valence-electron chi connectivity index (χ0n) is 7.34. The van der Waals surface area contributed by atoms with Gasteiger partial charge in [0.15, 0.2) is 0 Å². The Kier molecular flexibility index (Phi) is 2.25. The van der Waals surface area contributed by atoms with E-state index in [0.717, 1.165) is 5.00 Å². The van der Waals surface area contributed by atoms with Gasteiger partial charge < -0.3 is 5.11 Å². The maximum absolute atomic E-state index is 11.5. The van der Waals surface area contributed by atoms with Crippen LogP contribution < -0.4 is 4.90 Å². The van der Waals surface area contributed by atoms with Crippen LogP contribution in [0.2, 0.25) is 0 Å². The van der Waals surface area contributed by atoms with Crippen LogP contribution in [0, 0.1) is 0 Å². The quantitative estimate of drug-likeness (QED) is 0.802. The number of amides is 1. The summed E-state index contributed by atoms with van der Waals surface area (Å²) in [5.74, 6) is -1.02.